The van der Waals surface area contributed by atoms with Crippen molar-refractivity contribution in [3.63, 3.8) is 0 Å². The molecule has 0 amide bonds. The third-order valence-electron chi connectivity index (χ3n) is 13.5. The molecular formula is C40H49NO5. The monoisotopic (exact) mass is 623 g/mol. The van der Waals surface area contributed by atoms with Crippen LogP contribution in [0.3, 0.4) is 0 Å². The van der Waals surface area contributed by atoms with Crippen LogP contribution >= 0.6 is 0 Å². The van der Waals surface area contributed by atoms with E-state index in [9.17, 15) is 14.7 Å². The standard InChI is InChI=1S/C40H49NO5/c41-26-10-14-28-13-8-17-30-33(28)35(43)46-40(30)32(19-18-27-11-2-1-3-12-27)38-23-6-7-24-39(38,40)34(45-36(38)44)31(42)20-25-37-21-5-4-15-29(37)16-9-22-37/h4-6,8,13,15,17,21,23,27,29,32,42H,1-3,7,9-12,14,16,18-20,22,24-26,41H2/b34-31+/t29-,32-,37+,38-,39+,40+/m0/s1. The van der Waals surface area contributed by atoms with E-state index >= 15 is 0 Å². The fourth-order valence-electron chi connectivity index (χ4n) is 11.5. The molecule has 6 atom stereocenters. The molecule has 244 valence electrons. The van der Waals surface area contributed by atoms with Gasteiger partial charge in [-0.25, -0.2) is 4.79 Å². The van der Waals surface area contributed by atoms with E-state index in [4.69, 9.17) is 15.2 Å². The molecule has 4 fully saturated rings. The van der Waals surface area contributed by atoms with Crippen molar-refractivity contribution >= 4 is 11.9 Å². The predicted octanol–water partition coefficient (Wildman–Crippen LogP) is 8.28. The number of carbonyl (C=O) groups excluding carboxylic acids is 2. The summed E-state index contributed by atoms with van der Waals surface area (Å²) in [6, 6.07) is 6.10. The van der Waals surface area contributed by atoms with Gasteiger partial charge in [0.2, 0.25) is 0 Å². The Hall–Kier alpha value is -3.12. The zero-order chi connectivity index (χ0) is 31.6. The summed E-state index contributed by atoms with van der Waals surface area (Å²) in [5.41, 5.74) is 5.42. The first kappa shape index (κ1) is 30.2. The molecule has 2 heterocycles. The number of aryl methyl sites for hydroxylation is 1. The molecule has 6 nitrogen and oxygen atoms in total. The second kappa shape index (κ2) is 11.2. The van der Waals surface area contributed by atoms with Gasteiger partial charge in [0.15, 0.2) is 11.4 Å². The number of cyclic esters (lactones) is 1. The van der Waals surface area contributed by atoms with Crippen LogP contribution in [0.15, 0.2) is 66.2 Å². The van der Waals surface area contributed by atoms with Gasteiger partial charge in [0.05, 0.1) is 11.0 Å². The molecule has 1 aromatic rings. The number of esters is 2. The summed E-state index contributed by atoms with van der Waals surface area (Å²) in [5.74, 6) is 0.764. The number of ether oxygens (including phenoxy) is 2. The number of fused-ring (bicyclic) bond motifs is 3. The Balaban J connectivity index is 1.25. The molecule has 2 aliphatic heterocycles. The number of rotatable bonds is 9. The van der Waals surface area contributed by atoms with Crippen LogP contribution in [0.5, 0.6) is 0 Å². The summed E-state index contributed by atoms with van der Waals surface area (Å²) in [4.78, 5) is 28.5. The molecule has 46 heavy (non-hydrogen) atoms. The lowest BCUT2D eigenvalue weighted by Crippen LogP contribution is -2.75. The van der Waals surface area contributed by atoms with Crippen LogP contribution in [0, 0.1) is 34.0 Å². The van der Waals surface area contributed by atoms with Gasteiger partial charge in [0, 0.05) is 17.9 Å². The highest BCUT2D eigenvalue weighted by molar-refractivity contribution is 5.99. The van der Waals surface area contributed by atoms with Gasteiger partial charge in [-0.05, 0) is 87.1 Å². The average Bonchev–Trinajstić information content (AvgIpc) is 3.73. The van der Waals surface area contributed by atoms with Gasteiger partial charge < -0.3 is 20.3 Å². The van der Waals surface area contributed by atoms with Crippen molar-refractivity contribution in [2.45, 2.75) is 108 Å². The van der Waals surface area contributed by atoms with E-state index in [0.717, 1.165) is 56.1 Å². The van der Waals surface area contributed by atoms with Crippen LogP contribution in [-0.2, 0) is 26.3 Å². The SMILES string of the molecule is NCCCc1cccc2c1C(=O)O[C@@]21[C@@H](CCC2CCCCC2)[C@]23C=CCC[C@]12/C(=C(\O)CC[C@]12C=CC=C[C@H]1CCC2)OC3=O. The molecule has 1 saturated heterocycles. The fraction of sp³-hybridized carbons (Fsp3) is 0.600. The van der Waals surface area contributed by atoms with Crippen molar-refractivity contribution in [3.8, 4) is 0 Å². The molecule has 3 saturated carbocycles. The van der Waals surface area contributed by atoms with Crippen LogP contribution in [0.4, 0.5) is 0 Å². The quantitative estimate of drug-likeness (QED) is 0.163. The maximum absolute atomic E-state index is 14.4. The first-order valence-electron chi connectivity index (χ1n) is 18.2. The van der Waals surface area contributed by atoms with Gasteiger partial charge >= 0.3 is 11.9 Å². The van der Waals surface area contributed by atoms with E-state index in [1.165, 1.54) is 38.5 Å². The zero-order valence-corrected chi connectivity index (χ0v) is 27.1. The zero-order valence-electron chi connectivity index (χ0n) is 27.1. The van der Waals surface area contributed by atoms with Gasteiger partial charge in [0.1, 0.15) is 11.2 Å². The van der Waals surface area contributed by atoms with Gasteiger partial charge in [0.25, 0.3) is 0 Å². The van der Waals surface area contributed by atoms with Crippen LogP contribution < -0.4 is 5.73 Å². The van der Waals surface area contributed by atoms with Gasteiger partial charge in [-0.15, -0.1) is 0 Å². The van der Waals surface area contributed by atoms with Crippen LogP contribution in [0.2, 0.25) is 0 Å². The second-order valence-corrected chi connectivity index (χ2v) is 15.3. The summed E-state index contributed by atoms with van der Waals surface area (Å²) < 4.78 is 13.1. The molecule has 7 aliphatic rings. The highest BCUT2D eigenvalue weighted by Crippen LogP contribution is 2.84. The summed E-state index contributed by atoms with van der Waals surface area (Å²) in [6.45, 7) is 0.544. The molecule has 1 aromatic carbocycles. The van der Waals surface area contributed by atoms with E-state index in [0.29, 0.717) is 49.0 Å². The molecule has 3 N–H and O–H groups in total. The Bertz CT molecular complexity index is 1550. The van der Waals surface area contributed by atoms with Crippen LogP contribution in [0.25, 0.3) is 0 Å². The number of carbonyl (C=O) groups is 2. The Labute approximate surface area is 273 Å². The molecular weight excluding hydrogens is 574 g/mol. The van der Waals surface area contributed by atoms with Crippen LogP contribution in [-0.4, -0.2) is 23.6 Å². The van der Waals surface area contributed by atoms with Crippen molar-refractivity contribution in [2.75, 3.05) is 6.54 Å². The van der Waals surface area contributed by atoms with Crippen molar-refractivity contribution in [3.05, 3.63) is 82.9 Å². The molecule has 0 bridgehead atoms. The third kappa shape index (κ3) is 3.91. The largest absolute Gasteiger partial charge is 0.509 e. The number of nitrogens with two attached hydrogens (primary N) is 1. The van der Waals surface area contributed by atoms with E-state index in [-0.39, 0.29) is 29.0 Å². The molecule has 0 unspecified atom stereocenters. The van der Waals surface area contributed by atoms with E-state index in [2.05, 4.69) is 42.5 Å². The van der Waals surface area contributed by atoms with Gasteiger partial charge in [-0.2, -0.15) is 0 Å². The highest BCUT2D eigenvalue weighted by Gasteiger charge is 2.91. The number of aliphatic hydroxyl groups excluding tert-OH is 1. The number of aliphatic hydroxyl groups is 1. The lowest BCUT2D eigenvalue weighted by molar-refractivity contribution is -0.272. The minimum Gasteiger partial charge on any atom is -0.509 e. The Morgan fingerprint density at radius 2 is 1.87 bits per heavy atom. The highest BCUT2D eigenvalue weighted by atomic mass is 16.6. The molecule has 0 radical (unpaired) electrons. The Morgan fingerprint density at radius 3 is 2.72 bits per heavy atom. The van der Waals surface area contributed by atoms with Crippen molar-refractivity contribution in [1.82, 2.24) is 0 Å². The normalized spacial score (nSPS) is 38.2. The van der Waals surface area contributed by atoms with Crippen molar-refractivity contribution in [2.24, 2.45) is 39.7 Å². The summed E-state index contributed by atoms with van der Waals surface area (Å²) in [5, 5.41) is 12.1. The fourth-order valence-corrected chi connectivity index (χ4v) is 11.5. The van der Waals surface area contributed by atoms with Crippen molar-refractivity contribution in [1.29, 1.82) is 0 Å². The summed E-state index contributed by atoms with van der Waals surface area (Å²) in [6.07, 6.45) is 28.6. The molecule has 5 aliphatic carbocycles. The van der Waals surface area contributed by atoms with Gasteiger partial charge in [-0.3, -0.25) is 4.79 Å². The molecule has 8 rings (SSSR count). The molecule has 0 aromatic heterocycles. The summed E-state index contributed by atoms with van der Waals surface area (Å²) >= 11 is 0. The molecule has 1 spiro atoms. The molecule has 6 heteroatoms. The lowest BCUT2D eigenvalue weighted by Gasteiger charge is -2.68. The Morgan fingerprint density at radius 1 is 1.00 bits per heavy atom. The maximum atomic E-state index is 14.4. The average molecular weight is 624 g/mol. The minimum absolute atomic E-state index is 0.0251. The van der Waals surface area contributed by atoms with E-state index < -0.39 is 16.4 Å². The predicted molar refractivity (Wildman–Crippen MR) is 176 cm³/mol. The van der Waals surface area contributed by atoms with E-state index in [1.54, 1.807) is 0 Å². The summed E-state index contributed by atoms with van der Waals surface area (Å²) in [7, 11) is 0. The first-order chi connectivity index (χ1) is 22.4. The second-order valence-electron chi connectivity index (χ2n) is 15.3. The van der Waals surface area contributed by atoms with Gasteiger partial charge in [-0.1, -0.05) is 93.2 Å². The Kier molecular flexibility index (Phi) is 7.39. The first-order valence-corrected chi connectivity index (χ1v) is 18.2. The number of benzene rings is 1. The number of hydrogen-bond acceptors (Lipinski definition) is 6. The number of allylic oxidation sites excluding steroid dienone is 6. The van der Waals surface area contributed by atoms with E-state index in [1.807, 2.05) is 12.1 Å². The third-order valence-corrected chi connectivity index (χ3v) is 13.5. The topological polar surface area (TPSA) is 98.9 Å². The maximum Gasteiger partial charge on any atom is 0.339 e. The number of hydrogen-bond donors (Lipinski definition) is 2. The van der Waals surface area contributed by atoms with Crippen LogP contribution in [0.1, 0.15) is 118 Å². The lowest BCUT2D eigenvalue weighted by atomic mass is 9.31. The minimum atomic E-state index is -1.06. The smallest absolute Gasteiger partial charge is 0.339 e. The van der Waals surface area contributed by atoms with Crippen molar-refractivity contribution < 1.29 is 24.2 Å².